The van der Waals surface area contributed by atoms with Crippen LogP contribution in [-0.2, 0) is 8.87 Å². The molecule has 0 radical (unpaired) electrons. The third kappa shape index (κ3) is 4.40. The van der Waals surface area contributed by atoms with Crippen molar-refractivity contribution in [3.05, 3.63) is 0 Å². The Balaban J connectivity index is 2.19. The molecule has 0 fully saturated rings. The van der Waals surface area contributed by atoms with Gasteiger partial charge in [-0.2, -0.15) is 3.98 Å². The average molecular weight is 141 g/mol. The van der Waals surface area contributed by atoms with Crippen molar-refractivity contribution in [3.63, 3.8) is 0 Å². The maximum absolute atomic E-state index is 4.25. The normalized spacial score (nSPS) is 8.40. The predicted molar refractivity (Wildman–Crippen MR) is 21.6 cm³/mol. The average Bonchev–Trinajstić information content (AvgIpc) is 1.41. The van der Waals surface area contributed by atoms with Crippen LogP contribution in [0.25, 0.3) is 0 Å². The molecule has 0 spiro atoms. The van der Waals surface area contributed by atoms with Crippen LogP contribution in [0.5, 0.6) is 0 Å². The van der Waals surface area contributed by atoms with E-state index in [2.05, 4.69) is 25.1 Å². The molecule has 0 saturated heterocycles. The highest BCUT2D eigenvalue weighted by atomic mass is 79.9. The standard InChI is InChI=1S/C2H5BrO2/c1-2-4-5-3/h2H2,1H3. The number of halogens is 1. The van der Waals surface area contributed by atoms with Crippen LogP contribution in [0.1, 0.15) is 6.92 Å². The zero-order valence-electron chi connectivity index (χ0n) is 2.90. The van der Waals surface area contributed by atoms with Gasteiger partial charge in [-0.1, -0.05) is 0 Å². The Morgan fingerprint density at radius 1 is 1.80 bits per heavy atom. The molecule has 3 heteroatoms. The lowest BCUT2D eigenvalue weighted by Crippen LogP contribution is -1.77. The number of rotatable bonds is 2. The van der Waals surface area contributed by atoms with Gasteiger partial charge in [-0.15, -0.1) is 0 Å². The first kappa shape index (κ1) is 5.40. The molecular weight excluding hydrogens is 136 g/mol. The molecule has 0 aromatic carbocycles. The quantitative estimate of drug-likeness (QED) is 0.425. The van der Waals surface area contributed by atoms with E-state index >= 15 is 0 Å². The smallest absolute Gasteiger partial charge is 0.142 e. The van der Waals surface area contributed by atoms with Crippen molar-refractivity contribution in [2.75, 3.05) is 6.61 Å². The maximum Gasteiger partial charge on any atom is 0.142 e. The molecule has 32 valence electrons. The van der Waals surface area contributed by atoms with E-state index in [9.17, 15) is 0 Å². The summed E-state index contributed by atoms with van der Waals surface area (Å²) in [6, 6.07) is 0. The summed E-state index contributed by atoms with van der Waals surface area (Å²) in [5.41, 5.74) is 0. The Bertz CT molecular complexity index is 15.1. The van der Waals surface area contributed by atoms with Crippen LogP contribution >= 0.6 is 16.3 Å². The minimum atomic E-state index is 0.575. The maximum atomic E-state index is 4.25. The largest absolute Gasteiger partial charge is 0.225 e. The summed E-state index contributed by atoms with van der Waals surface area (Å²) >= 11 is 2.59. The van der Waals surface area contributed by atoms with Crippen LogP contribution < -0.4 is 0 Å². The first-order chi connectivity index (χ1) is 2.41. The van der Waals surface area contributed by atoms with Crippen LogP contribution in [0.3, 0.4) is 0 Å². The topological polar surface area (TPSA) is 18.5 Å². The lowest BCUT2D eigenvalue weighted by atomic mass is 10.9. The summed E-state index contributed by atoms with van der Waals surface area (Å²) in [5.74, 6) is 0. The Labute approximate surface area is 39.5 Å². The lowest BCUT2D eigenvalue weighted by Gasteiger charge is -1.83. The molecule has 0 aromatic heterocycles. The fourth-order valence-electron chi connectivity index (χ4n) is 0.0445. The molecule has 5 heavy (non-hydrogen) atoms. The highest BCUT2D eigenvalue weighted by molar-refractivity contribution is 9.05. The highest BCUT2D eigenvalue weighted by Gasteiger charge is 1.66. The Kier molecular flexibility index (Phi) is 4.75. The van der Waals surface area contributed by atoms with E-state index in [4.69, 9.17) is 0 Å². The molecule has 0 aliphatic heterocycles. The van der Waals surface area contributed by atoms with Gasteiger partial charge in [-0.3, -0.25) is 0 Å². The molecule has 0 saturated carbocycles. The van der Waals surface area contributed by atoms with Gasteiger partial charge in [-0.25, -0.2) is 4.89 Å². The molecular formula is C2H5BrO2. The van der Waals surface area contributed by atoms with Gasteiger partial charge in [-0.05, 0) is 6.92 Å². The van der Waals surface area contributed by atoms with Gasteiger partial charge in [0, 0.05) is 0 Å². The van der Waals surface area contributed by atoms with E-state index in [1.165, 1.54) is 0 Å². The molecule has 0 atom stereocenters. The second kappa shape index (κ2) is 4.40. The van der Waals surface area contributed by atoms with Crippen molar-refractivity contribution in [3.8, 4) is 0 Å². The van der Waals surface area contributed by atoms with Crippen LogP contribution in [0.2, 0.25) is 0 Å². The summed E-state index contributed by atoms with van der Waals surface area (Å²) in [6.07, 6.45) is 0. The SMILES string of the molecule is CCOOBr. The van der Waals surface area contributed by atoms with Gasteiger partial charge in [0.05, 0.1) is 6.61 Å². The van der Waals surface area contributed by atoms with Gasteiger partial charge in [0.2, 0.25) is 0 Å². The van der Waals surface area contributed by atoms with Crippen molar-refractivity contribution in [2.24, 2.45) is 0 Å². The second-order valence-electron chi connectivity index (χ2n) is 0.470. The number of hydrogen-bond acceptors (Lipinski definition) is 2. The van der Waals surface area contributed by atoms with Crippen molar-refractivity contribution in [1.82, 2.24) is 0 Å². The number of hydrogen-bond donors (Lipinski definition) is 0. The van der Waals surface area contributed by atoms with E-state index in [-0.39, 0.29) is 0 Å². The summed E-state index contributed by atoms with van der Waals surface area (Å²) in [7, 11) is 0. The van der Waals surface area contributed by atoms with Crippen LogP contribution in [0.15, 0.2) is 0 Å². The second-order valence-corrected chi connectivity index (χ2v) is 0.734. The Morgan fingerprint density at radius 3 is 2.40 bits per heavy atom. The van der Waals surface area contributed by atoms with Gasteiger partial charge >= 0.3 is 0 Å². The van der Waals surface area contributed by atoms with Gasteiger partial charge in [0.25, 0.3) is 0 Å². The molecule has 0 aliphatic rings. The first-order valence-electron chi connectivity index (χ1n) is 1.32. The molecule has 0 rings (SSSR count). The van der Waals surface area contributed by atoms with Crippen LogP contribution in [-0.4, -0.2) is 6.61 Å². The first-order valence-corrected chi connectivity index (χ1v) is 1.96. The zero-order chi connectivity index (χ0) is 4.12. The molecule has 0 aliphatic carbocycles. The molecule has 2 nitrogen and oxygen atoms in total. The Morgan fingerprint density at radius 2 is 2.40 bits per heavy atom. The van der Waals surface area contributed by atoms with E-state index in [1.54, 1.807) is 0 Å². The van der Waals surface area contributed by atoms with Crippen LogP contribution in [0, 0.1) is 0 Å². The van der Waals surface area contributed by atoms with E-state index in [0.717, 1.165) is 0 Å². The van der Waals surface area contributed by atoms with Crippen molar-refractivity contribution < 1.29 is 8.87 Å². The molecule has 0 unspecified atom stereocenters. The minimum absolute atomic E-state index is 0.575. The van der Waals surface area contributed by atoms with Crippen molar-refractivity contribution >= 4 is 16.3 Å². The highest BCUT2D eigenvalue weighted by Crippen LogP contribution is 1.82. The van der Waals surface area contributed by atoms with Crippen molar-refractivity contribution in [2.45, 2.75) is 6.92 Å². The summed E-state index contributed by atoms with van der Waals surface area (Å²) in [6.45, 7) is 2.41. The van der Waals surface area contributed by atoms with E-state index in [0.29, 0.717) is 6.61 Å². The fourth-order valence-corrected chi connectivity index (χ4v) is 0.231. The Hall–Kier alpha value is 0.400. The van der Waals surface area contributed by atoms with Gasteiger partial charge < -0.3 is 0 Å². The van der Waals surface area contributed by atoms with Crippen molar-refractivity contribution in [1.29, 1.82) is 0 Å². The third-order valence-electron chi connectivity index (χ3n) is 0.162. The van der Waals surface area contributed by atoms with Gasteiger partial charge in [0.1, 0.15) is 16.3 Å². The molecule has 0 aromatic rings. The third-order valence-corrected chi connectivity index (χ3v) is 0.349. The molecule has 0 N–H and O–H groups in total. The van der Waals surface area contributed by atoms with Crippen LogP contribution in [0.4, 0.5) is 0 Å². The zero-order valence-corrected chi connectivity index (χ0v) is 4.49. The van der Waals surface area contributed by atoms with E-state index < -0.39 is 0 Å². The fraction of sp³-hybridized carbons (Fsp3) is 1.00. The molecule has 0 amide bonds. The predicted octanol–water partition coefficient (Wildman–Crippen LogP) is 1.26. The summed E-state index contributed by atoms with van der Waals surface area (Å²) in [5, 5.41) is 0. The lowest BCUT2D eigenvalue weighted by molar-refractivity contribution is -0.175. The van der Waals surface area contributed by atoms with Gasteiger partial charge in [0.15, 0.2) is 0 Å². The minimum Gasteiger partial charge on any atom is -0.225 e. The molecule has 0 bridgehead atoms. The summed E-state index contributed by atoms with van der Waals surface area (Å²) in [4.78, 5) is 4.25. The van der Waals surface area contributed by atoms with E-state index in [1.807, 2.05) is 6.92 Å². The monoisotopic (exact) mass is 140 g/mol. The molecule has 0 heterocycles. The summed E-state index contributed by atoms with van der Waals surface area (Å²) < 4.78 is 4.00.